The predicted molar refractivity (Wildman–Crippen MR) is 42.1 cm³/mol. The van der Waals surface area contributed by atoms with Crippen molar-refractivity contribution in [2.24, 2.45) is 0 Å². The Kier molecular flexibility index (Phi) is 11.4. The van der Waals surface area contributed by atoms with Gasteiger partial charge in [0.25, 0.3) is 0 Å². The molecule has 0 aliphatic heterocycles. The Morgan fingerprint density at radius 3 is 2.18 bits per heavy atom. The van der Waals surface area contributed by atoms with Crippen LogP contribution in [0.1, 0.15) is 19.5 Å². The van der Waals surface area contributed by atoms with E-state index in [2.05, 4.69) is 9.97 Å². The third kappa shape index (κ3) is 7.06. The van der Waals surface area contributed by atoms with Gasteiger partial charge in [0.05, 0.1) is 0 Å². The van der Waals surface area contributed by atoms with Gasteiger partial charge in [-0.15, -0.1) is 0 Å². The number of nitrogens with zero attached hydrogens (tertiary/aromatic N) is 2. The molecule has 0 unspecified atom stereocenters. The maximum atomic E-state index is 6.91. The minimum atomic E-state index is 0. The summed E-state index contributed by atoms with van der Waals surface area (Å²) in [7, 11) is 0. The third-order valence-electron chi connectivity index (χ3n) is 0.795. The SMILES string of the molecule is CC.Cc1ccnc([NH-])n1.[Rb+]. The molecule has 0 atom stereocenters. The summed E-state index contributed by atoms with van der Waals surface area (Å²) in [4.78, 5) is 7.32. The first-order valence-corrected chi connectivity index (χ1v) is 3.30. The molecule has 0 aliphatic rings. The van der Waals surface area contributed by atoms with Crippen molar-refractivity contribution in [3.63, 3.8) is 0 Å². The fraction of sp³-hybridized carbons (Fsp3) is 0.429. The number of hydrogen-bond donors (Lipinski definition) is 0. The molecule has 4 heteroatoms. The molecule has 11 heavy (non-hydrogen) atoms. The van der Waals surface area contributed by atoms with Gasteiger partial charge in [0, 0.05) is 5.95 Å². The zero-order valence-corrected chi connectivity index (χ0v) is 12.5. The van der Waals surface area contributed by atoms with Crippen LogP contribution in [0.25, 0.3) is 5.73 Å². The Labute approximate surface area is 117 Å². The molecule has 0 bridgehead atoms. The summed E-state index contributed by atoms with van der Waals surface area (Å²) in [5.41, 5.74) is 7.75. The third-order valence-corrected chi connectivity index (χ3v) is 0.795. The van der Waals surface area contributed by atoms with Gasteiger partial charge in [0.1, 0.15) is 0 Å². The van der Waals surface area contributed by atoms with Gasteiger partial charge >= 0.3 is 58.2 Å². The van der Waals surface area contributed by atoms with Gasteiger partial charge in [-0.3, -0.25) is 0 Å². The van der Waals surface area contributed by atoms with Crippen molar-refractivity contribution in [3.8, 4) is 0 Å². The summed E-state index contributed by atoms with van der Waals surface area (Å²) in [6.07, 6.45) is 1.57. The molecule has 0 saturated heterocycles. The Hall–Kier alpha value is 0.685. The van der Waals surface area contributed by atoms with Crippen LogP contribution < -0.4 is 58.2 Å². The van der Waals surface area contributed by atoms with E-state index in [-0.39, 0.29) is 64.1 Å². The summed E-state index contributed by atoms with van der Waals surface area (Å²) in [6.45, 7) is 5.83. The maximum Gasteiger partial charge on any atom is 1.00 e. The minimum Gasteiger partial charge on any atom is -0.410 e. The standard InChI is InChI=1S/C5H6N3.C2H6.Rb/c1-4-2-3-7-5(6)8-4;1-2;/h2-3H,1H3,(H-,6,7,8);1-2H3;/q-1;;+1. The Bertz CT molecular complexity index is 174. The van der Waals surface area contributed by atoms with Crippen molar-refractivity contribution in [2.45, 2.75) is 20.8 Å². The maximum absolute atomic E-state index is 6.91. The van der Waals surface area contributed by atoms with Crippen molar-refractivity contribution in [1.82, 2.24) is 9.97 Å². The first-order chi connectivity index (χ1) is 4.79. The summed E-state index contributed by atoms with van der Waals surface area (Å²) < 4.78 is 0. The average Bonchev–Trinajstić information content (AvgIpc) is 1.91. The molecule has 0 radical (unpaired) electrons. The summed E-state index contributed by atoms with van der Waals surface area (Å²) >= 11 is 0. The minimum absolute atomic E-state index is 0. The summed E-state index contributed by atoms with van der Waals surface area (Å²) in [5.74, 6) is 0.0880. The molecule has 0 fully saturated rings. The van der Waals surface area contributed by atoms with E-state index < -0.39 is 0 Å². The molecule has 0 amide bonds. The molecule has 1 aromatic rings. The Morgan fingerprint density at radius 2 is 1.91 bits per heavy atom. The van der Waals surface area contributed by atoms with Crippen LogP contribution in [0.3, 0.4) is 0 Å². The quantitative estimate of drug-likeness (QED) is 0.596. The monoisotopic (exact) mass is 223 g/mol. The average molecular weight is 224 g/mol. The molecule has 56 valence electrons. The molecular formula is C7H12N3Rb. The predicted octanol–water partition coefficient (Wildman–Crippen LogP) is -0.501. The van der Waals surface area contributed by atoms with Gasteiger partial charge in [-0.2, -0.15) is 0 Å². The second kappa shape index (κ2) is 8.78. The second-order valence-corrected chi connectivity index (χ2v) is 1.52. The fourth-order valence-electron chi connectivity index (χ4n) is 0.449. The van der Waals surface area contributed by atoms with Crippen molar-refractivity contribution in [3.05, 3.63) is 23.7 Å². The number of nitrogens with one attached hydrogen (secondary N) is 1. The van der Waals surface area contributed by atoms with Crippen LogP contribution in [0, 0.1) is 6.92 Å². The second-order valence-electron chi connectivity index (χ2n) is 1.52. The molecule has 0 spiro atoms. The van der Waals surface area contributed by atoms with Crippen LogP contribution in [-0.4, -0.2) is 9.97 Å². The van der Waals surface area contributed by atoms with Gasteiger partial charge in [-0.25, -0.2) is 0 Å². The van der Waals surface area contributed by atoms with E-state index in [4.69, 9.17) is 5.73 Å². The van der Waals surface area contributed by atoms with E-state index in [0.29, 0.717) is 0 Å². The molecule has 1 rings (SSSR count). The number of aromatic nitrogens is 2. The van der Waals surface area contributed by atoms with Gasteiger partial charge in [0.2, 0.25) is 0 Å². The molecular weight excluding hydrogens is 212 g/mol. The van der Waals surface area contributed by atoms with Gasteiger partial charge in [0.15, 0.2) is 0 Å². The van der Waals surface area contributed by atoms with Crippen LogP contribution in [0.15, 0.2) is 12.3 Å². The molecule has 1 heterocycles. The molecule has 1 aromatic heterocycles. The van der Waals surface area contributed by atoms with Crippen LogP contribution in [0.2, 0.25) is 0 Å². The summed E-state index contributed by atoms with van der Waals surface area (Å²) in [5, 5.41) is 0. The normalized spacial score (nSPS) is 7.18. The molecule has 0 aromatic carbocycles. The van der Waals surface area contributed by atoms with Crippen molar-refractivity contribution < 1.29 is 58.2 Å². The Balaban J connectivity index is 0. The van der Waals surface area contributed by atoms with Crippen molar-refractivity contribution >= 4 is 5.95 Å². The van der Waals surface area contributed by atoms with E-state index in [0.717, 1.165) is 5.69 Å². The fourth-order valence-corrected chi connectivity index (χ4v) is 0.449. The molecule has 0 saturated carbocycles. The van der Waals surface area contributed by atoms with E-state index in [1.807, 2.05) is 20.8 Å². The van der Waals surface area contributed by atoms with Crippen LogP contribution in [0.4, 0.5) is 5.95 Å². The van der Waals surface area contributed by atoms with E-state index in [9.17, 15) is 0 Å². The van der Waals surface area contributed by atoms with Gasteiger partial charge < -0.3 is 15.7 Å². The van der Waals surface area contributed by atoms with Gasteiger partial charge in [-0.1, -0.05) is 19.9 Å². The van der Waals surface area contributed by atoms with E-state index in [1.165, 1.54) is 0 Å². The Morgan fingerprint density at radius 1 is 1.36 bits per heavy atom. The molecule has 3 nitrogen and oxygen atoms in total. The van der Waals surface area contributed by atoms with Crippen molar-refractivity contribution in [2.75, 3.05) is 0 Å². The molecule has 0 aliphatic carbocycles. The van der Waals surface area contributed by atoms with Crippen LogP contribution in [-0.2, 0) is 0 Å². The topological polar surface area (TPSA) is 49.6 Å². The molecule has 1 N–H and O–H groups in total. The number of rotatable bonds is 0. The smallest absolute Gasteiger partial charge is 0.410 e. The van der Waals surface area contributed by atoms with Crippen LogP contribution in [0.5, 0.6) is 0 Å². The zero-order chi connectivity index (χ0) is 7.98. The largest absolute Gasteiger partial charge is 1.00 e. The van der Waals surface area contributed by atoms with Crippen molar-refractivity contribution in [1.29, 1.82) is 0 Å². The zero-order valence-electron chi connectivity index (χ0n) is 7.55. The van der Waals surface area contributed by atoms with E-state index in [1.54, 1.807) is 12.3 Å². The number of hydrogen-bond acceptors (Lipinski definition) is 2. The first kappa shape index (κ1) is 14.2. The van der Waals surface area contributed by atoms with Gasteiger partial charge in [-0.05, 0) is 18.8 Å². The number of aryl methyl sites for hydroxylation is 1. The van der Waals surface area contributed by atoms with Crippen LogP contribution >= 0.6 is 0 Å². The van der Waals surface area contributed by atoms with E-state index >= 15 is 0 Å². The summed E-state index contributed by atoms with van der Waals surface area (Å²) in [6, 6.07) is 1.76. The first-order valence-electron chi connectivity index (χ1n) is 3.30.